The Morgan fingerprint density at radius 2 is 1.55 bits per heavy atom. The van der Waals surface area contributed by atoms with Gasteiger partial charge in [0.25, 0.3) is 5.95 Å². The molecule has 13 nitrogen and oxygen atoms in total. The number of benzene rings is 3. The Kier molecular flexibility index (Phi) is 9.25. The summed E-state index contributed by atoms with van der Waals surface area (Å²) >= 11 is 0. The Morgan fingerprint density at radius 1 is 0.905 bits per heavy atom. The van der Waals surface area contributed by atoms with Crippen LogP contribution < -0.4 is 38.5 Å². The van der Waals surface area contributed by atoms with Crippen molar-refractivity contribution in [2.75, 3.05) is 15.3 Å². The van der Waals surface area contributed by atoms with E-state index in [4.69, 9.17) is 33.2 Å². The summed E-state index contributed by atoms with van der Waals surface area (Å²) in [5, 5.41) is 13.6. The molecule has 9 N–H and O–H groups in total. The van der Waals surface area contributed by atoms with Gasteiger partial charge in [-0.3, -0.25) is 0 Å². The van der Waals surface area contributed by atoms with Gasteiger partial charge < -0.3 is 21.5 Å². The minimum absolute atomic E-state index is 0.0533. The van der Waals surface area contributed by atoms with Gasteiger partial charge in [0.2, 0.25) is 0 Å². The molecule has 1 aromatic heterocycles. The van der Waals surface area contributed by atoms with Crippen LogP contribution in [0.5, 0.6) is 0 Å². The lowest BCUT2D eigenvalue weighted by Gasteiger charge is -2.23. The van der Waals surface area contributed by atoms with Gasteiger partial charge >= 0.3 is 12.1 Å². The van der Waals surface area contributed by atoms with Gasteiger partial charge in [0.1, 0.15) is 0 Å². The number of aromatic nitrogens is 2. The first kappa shape index (κ1) is 29.4. The van der Waals surface area contributed by atoms with E-state index in [0.29, 0.717) is 26.7 Å². The van der Waals surface area contributed by atoms with Crippen molar-refractivity contribution < 1.29 is 14.3 Å². The fourth-order valence-electron chi connectivity index (χ4n) is 4.12. The molecule has 1 atom stereocenters. The van der Waals surface area contributed by atoms with Crippen molar-refractivity contribution in [3.05, 3.63) is 101 Å². The number of nitriles is 1. The number of anilines is 3. The quantitative estimate of drug-likeness (QED) is 0.108. The monoisotopic (exact) mass is 566 g/mol. The third kappa shape index (κ3) is 6.95. The third-order valence-electron chi connectivity index (χ3n) is 6.32. The summed E-state index contributed by atoms with van der Waals surface area (Å²) in [6.07, 6.45) is 0. The van der Waals surface area contributed by atoms with Crippen molar-refractivity contribution in [1.82, 2.24) is 9.97 Å². The molecule has 0 radical (unpaired) electrons. The van der Waals surface area contributed by atoms with E-state index in [9.17, 15) is 9.59 Å². The Labute approximate surface area is 242 Å². The number of hydrogen-bond donors (Lipinski definition) is 5. The molecular formula is C29H30N10O3. The molecular weight excluding hydrogens is 536 g/mol. The molecule has 4 amide bonds. The zero-order valence-electron chi connectivity index (χ0n) is 22.8. The number of carbonyl (C=O) groups excluding carboxylic acids is 2. The molecule has 0 spiro atoms. The van der Waals surface area contributed by atoms with E-state index >= 15 is 0 Å². The molecule has 0 fully saturated rings. The third-order valence-corrected chi connectivity index (χ3v) is 6.32. The molecule has 0 saturated carbocycles. The second-order valence-corrected chi connectivity index (χ2v) is 9.24. The van der Waals surface area contributed by atoms with Crippen LogP contribution in [0.25, 0.3) is 11.1 Å². The van der Waals surface area contributed by atoms with Crippen LogP contribution in [0.1, 0.15) is 35.3 Å². The van der Waals surface area contributed by atoms with Gasteiger partial charge in [0.05, 0.1) is 36.1 Å². The van der Waals surface area contributed by atoms with Crippen LogP contribution in [0.2, 0.25) is 0 Å². The van der Waals surface area contributed by atoms with Crippen molar-refractivity contribution in [3.63, 3.8) is 0 Å². The molecule has 1 unspecified atom stereocenters. The number of urea groups is 2. The maximum Gasteiger partial charge on any atom is 0.336 e. The summed E-state index contributed by atoms with van der Waals surface area (Å²) < 4.78 is 5.93. The number of nitrogens with one attached hydrogen (secondary N) is 1. The van der Waals surface area contributed by atoms with Crippen molar-refractivity contribution >= 4 is 29.5 Å². The highest BCUT2D eigenvalue weighted by atomic mass is 16.5. The van der Waals surface area contributed by atoms with Gasteiger partial charge in [-0.2, -0.15) is 15.3 Å². The van der Waals surface area contributed by atoms with E-state index in [2.05, 4.69) is 21.4 Å². The number of nitrogens with two attached hydrogens (primary N) is 4. The van der Waals surface area contributed by atoms with E-state index in [1.807, 2.05) is 61.5 Å². The Morgan fingerprint density at radius 3 is 2.14 bits per heavy atom. The van der Waals surface area contributed by atoms with Crippen molar-refractivity contribution in [2.24, 2.45) is 23.2 Å². The molecule has 0 aliphatic carbocycles. The first-order valence-electron chi connectivity index (χ1n) is 12.8. The number of amides is 4. The summed E-state index contributed by atoms with van der Waals surface area (Å²) in [6.45, 7) is 2.20. The first-order valence-corrected chi connectivity index (χ1v) is 12.8. The maximum atomic E-state index is 12.1. The predicted octanol–water partition coefficient (Wildman–Crippen LogP) is 3.42. The normalized spacial score (nSPS) is 11.3. The van der Waals surface area contributed by atoms with Crippen molar-refractivity contribution in [1.29, 1.82) is 5.26 Å². The highest BCUT2D eigenvalue weighted by molar-refractivity contribution is 5.95. The Hall–Kier alpha value is -5.55. The van der Waals surface area contributed by atoms with Crippen LogP contribution in [-0.2, 0) is 18.0 Å². The lowest BCUT2D eigenvalue weighted by molar-refractivity contribution is 0.105. The highest BCUT2D eigenvalue weighted by Gasteiger charge is 2.25. The largest absolute Gasteiger partial charge is 0.379 e. The van der Waals surface area contributed by atoms with Gasteiger partial charge in [-0.1, -0.05) is 54.6 Å². The number of hydrazine groups is 2. The topological polar surface area (TPSA) is 216 Å². The molecule has 0 bridgehead atoms. The zero-order valence-corrected chi connectivity index (χ0v) is 22.8. The van der Waals surface area contributed by atoms with Crippen LogP contribution >= 0.6 is 0 Å². The van der Waals surface area contributed by atoms with E-state index in [1.165, 1.54) is 0 Å². The summed E-state index contributed by atoms with van der Waals surface area (Å²) in [6, 6.07) is 24.1. The molecule has 214 valence electrons. The number of nitrogens with zero attached hydrogens (tertiary/aromatic N) is 5. The van der Waals surface area contributed by atoms with Gasteiger partial charge in [-0.15, -0.1) is 0 Å². The number of rotatable bonds is 10. The van der Waals surface area contributed by atoms with Gasteiger partial charge in [-0.05, 0) is 47.9 Å². The van der Waals surface area contributed by atoms with Crippen LogP contribution in [0.4, 0.5) is 27.0 Å². The predicted molar refractivity (Wildman–Crippen MR) is 158 cm³/mol. The minimum Gasteiger partial charge on any atom is -0.379 e. The smallest absolute Gasteiger partial charge is 0.336 e. The summed E-state index contributed by atoms with van der Waals surface area (Å²) in [5.41, 5.74) is 15.4. The summed E-state index contributed by atoms with van der Waals surface area (Å²) in [5.74, 6) is 11.4. The van der Waals surface area contributed by atoms with Crippen LogP contribution in [0.15, 0.2) is 78.9 Å². The molecule has 0 saturated heterocycles. The molecule has 3 aromatic carbocycles. The van der Waals surface area contributed by atoms with Crippen molar-refractivity contribution in [2.45, 2.75) is 26.2 Å². The molecule has 4 rings (SSSR count). The highest BCUT2D eigenvalue weighted by Crippen LogP contribution is 2.34. The molecule has 4 aromatic rings. The first-order chi connectivity index (χ1) is 20.2. The standard InChI is InChI=1S/C29H30N10O3/c1-18(21-9-7-19(15-30)8-10-21)35-23-13-11-22(12-14-23)25-24(17-42-16-20-5-3-2-4-6-20)36-29(39(34)28(32)41)37-26(25)38(33)27(31)40/h2-14,18,35H,16-17,33-34H2,1H3,(H2,31,40)(H2,32,41). The number of ether oxygens (including phenoxy) is 1. The van der Waals surface area contributed by atoms with Gasteiger partial charge in [0.15, 0.2) is 5.82 Å². The second kappa shape index (κ2) is 13.2. The van der Waals surface area contributed by atoms with Gasteiger partial charge in [0, 0.05) is 11.7 Å². The van der Waals surface area contributed by atoms with E-state index < -0.39 is 12.1 Å². The minimum atomic E-state index is -1.03. The average Bonchev–Trinajstić information content (AvgIpc) is 3.00. The summed E-state index contributed by atoms with van der Waals surface area (Å²) in [4.78, 5) is 32.6. The van der Waals surface area contributed by atoms with Crippen LogP contribution in [-0.4, -0.2) is 22.0 Å². The lowest BCUT2D eigenvalue weighted by atomic mass is 10.0. The van der Waals surface area contributed by atoms with Crippen molar-refractivity contribution in [3.8, 4) is 17.2 Å². The zero-order chi connectivity index (χ0) is 30.2. The second-order valence-electron chi connectivity index (χ2n) is 9.24. The van der Waals surface area contributed by atoms with E-state index in [0.717, 1.165) is 16.8 Å². The number of carbonyl (C=O) groups is 2. The molecule has 13 heteroatoms. The number of hydrogen-bond acceptors (Lipinski definition) is 9. The summed E-state index contributed by atoms with van der Waals surface area (Å²) in [7, 11) is 0. The fraction of sp³-hybridized carbons (Fsp3) is 0.138. The number of primary amides is 2. The van der Waals surface area contributed by atoms with E-state index in [1.54, 1.807) is 24.3 Å². The molecule has 0 aliphatic heterocycles. The van der Waals surface area contributed by atoms with Crippen LogP contribution in [0, 0.1) is 11.3 Å². The maximum absolute atomic E-state index is 12.1. The fourth-order valence-corrected chi connectivity index (χ4v) is 4.12. The Balaban J connectivity index is 1.70. The van der Waals surface area contributed by atoms with Crippen LogP contribution in [0.3, 0.4) is 0 Å². The van der Waals surface area contributed by atoms with Gasteiger partial charge in [-0.25, -0.2) is 31.3 Å². The molecule has 1 heterocycles. The Bertz CT molecular complexity index is 1590. The van der Waals surface area contributed by atoms with E-state index in [-0.39, 0.29) is 36.7 Å². The molecule has 0 aliphatic rings. The SMILES string of the molecule is CC(Nc1ccc(-c2c(COCc3ccccc3)nc(N(N)C(N)=O)nc2N(N)C(N)=O)cc1)c1ccc(C#N)cc1. The lowest BCUT2D eigenvalue weighted by Crippen LogP contribution is -2.45. The average molecular weight is 567 g/mol. The molecule has 42 heavy (non-hydrogen) atoms.